The van der Waals surface area contributed by atoms with E-state index in [0.717, 1.165) is 25.1 Å². The van der Waals surface area contributed by atoms with E-state index in [1.165, 1.54) is 19.3 Å². The highest BCUT2D eigenvalue weighted by Gasteiger charge is 2.42. The Balaban J connectivity index is 1.51. The van der Waals surface area contributed by atoms with Crippen molar-refractivity contribution in [2.75, 3.05) is 33.8 Å². The summed E-state index contributed by atoms with van der Waals surface area (Å²) in [4.78, 5) is 21.1. The Morgan fingerprint density at radius 1 is 1.38 bits per heavy atom. The van der Waals surface area contributed by atoms with E-state index in [2.05, 4.69) is 27.0 Å². The molecule has 6 heteroatoms. The molecule has 0 radical (unpaired) electrons. The lowest BCUT2D eigenvalue weighted by molar-refractivity contribution is 0.168. The third-order valence-electron chi connectivity index (χ3n) is 5.69. The lowest BCUT2D eigenvalue weighted by Crippen LogP contribution is -2.44. The zero-order chi connectivity index (χ0) is 18.5. The van der Waals surface area contributed by atoms with E-state index in [4.69, 9.17) is 4.74 Å². The van der Waals surface area contributed by atoms with Gasteiger partial charge in [-0.2, -0.15) is 0 Å². The van der Waals surface area contributed by atoms with Crippen molar-refractivity contribution in [1.82, 2.24) is 20.1 Å². The van der Waals surface area contributed by atoms with E-state index in [1.54, 1.807) is 6.20 Å². The molecule has 3 unspecified atom stereocenters. The number of ether oxygens (including phenoxy) is 1. The van der Waals surface area contributed by atoms with Gasteiger partial charge < -0.3 is 19.9 Å². The van der Waals surface area contributed by atoms with Crippen molar-refractivity contribution in [2.24, 2.45) is 11.8 Å². The predicted octanol–water partition coefficient (Wildman–Crippen LogP) is 2.74. The minimum Gasteiger partial charge on any atom is -0.476 e. The third kappa shape index (κ3) is 4.67. The highest BCUT2D eigenvalue weighted by molar-refractivity contribution is 5.75. The van der Waals surface area contributed by atoms with Gasteiger partial charge in [-0.25, -0.2) is 9.78 Å². The average molecular weight is 361 g/mol. The topological polar surface area (TPSA) is 57.7 Å². The van der Waals surface area contributed by atoms with Crippen molar-refractivity contribution < 1.29 is 9.53 Å². The molecule has 2 fully saturated rings. The molecule has 0 bridgehead atoms. The number of amides is 2. The van der Waals surface area contributed by atoms with Crippen LogP contribution in [0.3, 0.4) is 0 Å². The van der Waals surface area contributed by atoms with Crippen molar-refractivity contribution >= 4 is 6.03 Å². The summed E-state index contributed by atoms with van der Waals surface area (Å²) in [5.41, 5.74) is 1.01. The number of urea groups is 1. The smallest absolute Gasteiger partial charge is 0.317 e. The molecule has 1 aromatic heterocycles. The van der Waals surface area contributed by atoms with Crippen LogP contribution in [0.15, 0.2) is 18.3 Å². The molecule has 1 saturated heterocycles. The largest absolute Gasteiger partial charge is 0.476 e. The fourth-order valence-electron chi connectivity index (χ4n) is 4.26. The molecule has 3 rings (SSSR count). The standard InChI is InChI=1S/C20H32N4O2/c1-15-14-24(18-7-5-4-6-17(15)18)20(25)22-13-16-8-9-21-19(12-16)26-11-10-23(2)3/h8-9,12,15,17-18H,4-7,10-11,13-14H2,1-3H3,(H,22,25). The number of pyridine rings is 1. The van der Waals surface area contributed by atoms with Crippen LogP contribution >= 0.6 is 0 Å². The summed E-state index contributed by atoms with van der Waals surface area (Å²) in [6, 6.07) is 4.33. The van der Waals surface area contributed by atoms with Crippen LogP contribution in [0.2, 0.25) is 0 Å². The minimum atomic E-state index is 0.0677. The fraction of sp³-hybridized carbons (Fsp3) is 0.700. The van der Waals surface area contributed by atoms with Gasteiger partial charge in [0.2, 0.25) is 5.88 Å². The number of hydrogen-bond acceptors (Lipinski definition) is 4. The van der Waals surface area contributed by atoms with Crippen molar-refractivity contribution in [3.8, 4) is 5.88 Å². The summed E-state index contributed by atoms with van der Waals surface area (Å²) in [7, 11) is 4.03. The quantitative estimate of drug-likeness (QED) is 0.847. The van der Waals surface area contributed by atoms with Crippen LogP contribution in [0.1, 0.15) is 38.2 Å². The number of likely N-dealkylation sites (N-methyl/N-ethyl adjacent to an activating group) is 1. The Bertz CT molecular complexity index is 607. The molecular formula is C20H32N4O2. The molecule has 2 amide bonds. The molecule has 1 aliphatic carbocycles. The summed E-state index contributed by atoms with van der Waals surface area (Å²) in [5, 5.41) is 3.09. The summed E-state index contributed by atoms with van der Waals surface area (Å²) in [6.07, 6.45) is 6.72. The van der Waals surface area contributed by atoms with E-state index in [-0.39, 0.29) is 6.03 Å². The second-order valence-corrected chi connectivity index (χ2v) is 7.96. The Hall–Kier alpha value is -1.82. The van der Waals surface area contributed by atoms with Gasteiger partial charge in [-0.3, -0.25) is 0 Å². The number of carbonyl (C=O) groups is 1. The van der Waals surface area contributed by atoms with Gasteiger partial charge in [0.25, 0.3) is 0 Å². The molecule has 3 atom stereocenters. The first-order chi connectivity index (χ1) is 12.5. The molecule has 0 aromatic carbocycles. The highest BCUT2D eigenvalue weighted by atomic mass is 16.5. The maximum atomic E-state index is 12.7. The normalized spacial score (nSPS) is 25.2. The van der Waals surface area contributed by atoms with Crippen molar-refractivity contribution in [2.45, 2.75) is 45.2 Å². The summed E-state index contributed by atoms with van der Waals surface area (Å²) in [6.45, 7) is 5.13. The molecule has 0 spiro atoms. The van der Waals surface area contributed by atoms with E-state index < -0.39 is 0 Å². The molecule has 1 aliphatic heterocycles. The van der Waals surface area contributed by atoms with Gasteiger partial charge in [0, 0.05) is 37.9 Å². The van der Waals surface area contributed by atoms with E-state index >= 15 is 0 Å². The van der Waals surface area contributed by atoms with Crippen molar-refractivity contribution in [3.05, 3.63) is 23.9 Å². The number of carbonyl (C=O) groups excluding carboxylic acids is 1. The van der Waals surface area contributed by atoms with Crippen LogP contribution in [0.5, 0.6) is 5.88 Å². The molecule has 2 heterocycles. The fourth-order valence-corrected chi connectivity index (χ4v) is 4.26. The van der Waals surface area contributed by atoms with Gasteiger partial charge in [-0.05, 0) is 50.4 Å². The second kappa shape index (κ2) is 8.71. The maximum absolute atomic E-state index is 12.7. The van der Waals surface area contributed by atoms with Crippen LogP contribution in [0, 0.1) is 11.8 Å². The zero-order valence-electron chi connectivity index (χ0n) is 16.3. The lowest BCUT2D eigenvalue weighted by atomic mass is 9.80. The monoisotopic (exact) mass is 360 g/mol. The molecular weight excluding hydrogens is 328 g/mol. The molecule has 26 heavy (non-hydrogen) atoms. The van der Waals surface area contributed by atoms with Gasteiger partial charge in [-0.1, -0.05) is 19.8 Å². The average Bonchev–Trinajstić information content (AvgIpc) is 2.97. The van der Waals surface area contributed by atoms with Crippen molar-refractivity contribution in [1.29, 1.82) is 0 Å². The number of fused-ring (bicyclic) bond motifs is 1. The predicted molar refractivity (Wildman–Crippen MR) is 102 cm³/mol. The van der Waals surface area contributed by atoms with Crippen molar-refractivity contribution in [3.63, 3.8) is 0 Å². The van der Waals surface area contributed by atoms with Gasteiger partial charge >= 0.3 is 6.03 Å². The van der Waals surface area contributed by atoms with Gasteiger partial charge in [0.1, 0.15) is 6.61 Å². The van der Waals surface area contributed by atoms with Crippen LogP contribution < -0.4 is 10.1 Å². The highest BCUT2D eigenvalue weighted by Crippen LogP contribution is 2.39. The number of nitrogens with one attached hydrogen (secondary N) is 1. The molecule has 2 aliphatic rings. The lowest BCUT2D eigenvalue weighted by Gasteiger charge is -2.32. The number of rotatable bonds is 6. The Morgan fingerprint density at radius 3 is 3.00 bits per heavy atom. The number of hydrogen-bond donors (Lipinski definition) is 1. The summed E-state index contributed by atoms with van der Waals surface area (Å²) in [5.74, 6) is 1.91. The summed E-state index contributed by atoms with van der Waals surface area (Å²) < 4.78 is 5.67. The molecule has 1 aromatic rings. The molecule has 1 N–H and O–H groups in total. The molecule has 6 nitrogen and oxygen atoms in total. The van der Waals surface area contributed by atoms with Crippen LogP contribution in [-0.4, -0.2) is 60.6 Å². The van der Waals surface area contributed by atoms with Gasteiger partial charge in [0.05, 0.1) is 0 Å². The maximum Gasteiger partial charge on any atom is 0.317 e. The minimum absolute atomic E-state index is 0.0677. The molecule has 1 saturated carbocycles. The number of likely N-dealkylation sites (tertiary alicyclic amines) is 1. The van der Waals surface area contributed by atoms with Gasteiger partial charge in [-0.15, -0.1) is 0 Å². The van der Waals surface area contributed by atoms with Crippen LogP contribution in [0.25, 0.3) is 0 Å². The third-order valence-corrected chi connectivity index (χ3v) is 5.69. The summed E-state index contributed by atoms with van der Waals surface area (Å²) >= 11 is 0. The van der Waals surface area contributed by atoms with Crippen LogP contribution in [0.4, 0.5) is 4.79 Å². The molecule has 144 valence electrons. The van der Waals surface area contributed by atoms with Gasteiger partial charge in [0.15, 0.2) is 0 Å². The first kappa shape index (κ1) is 19.0. The Labute approximate surface area is 156 Å². The first-order valence-electron chi connectivity index (χ1n) is 9.81. The zero-order valence-corrected chi connectivity index (χ0v) is 16.3. The van der Waals surface area contributed by atoms with E-state index in [1.807, 2.05) is 26.2 Å². The SMILES string of the molecule is CC1CN(C(=O)NCc2ccnc(OCCN(C)C)c2)C2CCCCC12. The Kier molecular flexibility index (Phi) is 6.35. The number of aromatic nitrogens is 1. The number of nitrogens with zero attached hydrogens (tertiary/aromatic N) is 3. The van der Waals surface area contributed by atoms with Crippen LogP contribution in [-0.2, 0) is 6.54 Å². The van der Waals surface area contributed by atoms with E-state index in [0.29, 0.717) is 36.9 Å². The second-order valence-electron chi connectivity index (χ2n) is 7.96. The Morgan fingerprint density at radius 2 is 2.19 bits per heavy atom. The first-order valence-corrected chi connectivity index (χ1v) is 9.81. The van der Waals surface area contributed by atoms with E-state index in [9.17, 15) is 4.79 Å².